The van der Waals surface area contributed by atoms with Crippen molar-refractivity contribution in [2.45, 2.75) is 96.3 Å². The number of aryl methyl sites for hydroxylation is 1. The summed E-state index contributed by atoms with van der Waals surface area (Å²) < 4.78 is 30.1. The van der Waals surface area contributed by atoms with Gasteiger partial charge in [-0.15, -0.1) is 6.58 Å². The molecule has 2 aromatic rings. The average Bonchev–Trinajstić information content (AvgIpc) is 2.81. The van der Waals surface area contributed by atoms with E-state index >= 15 is 4.39 Å². The number of allylic oxidation sites excluding steroid dienone is 1. The van der Waals surface area contributed by atoms with Gasteiger partial charge in [-0.1, -0.05) is 63.7 Å². The average molecular weight is 439 g/mol. The standard InChI is InChI=1S/C30H40F2/c1-3-5-7-8-9-21-11-12-24-18-25(16-14-23(24)17-21)27-19-26-15-13-22(10-6-4-2)30(32)28(26)20-29(27)31/h4,13,15,19-21,23-25H,2-3,5-12,14,16-18H2,1H3/t21?,23-,24?,25-/m1/s1. The van der Waals surface area contributed by atoms with Gasteiger partial charge in [0.25, 0.3) is 0 Å². The van der Waals surface area contributed by atoms with Gasteiger partial charge in [-0.05, 0) is 97.3 Å². The van der Waals surface area contributed by atoms with Crippen LogP contribution in [0.2, 0.25) is 0 Å². The molecular weight excluding hydrogens is 398 g/mol. The third kappa shape index (κ3) is 5.26. The molecule has 2 fully saturated rings. The van der Waals surface area contributed by atoms with Crippen LogP contribution in [0.1, 0.15) is 101 Å². The Bertz CT molecular complexity index is 915. The number of rotatable bonds is 9. The fraction of sp³-hybridized carbons (Fsp3) is 0.600. The van der Waals surface area contributed by atoms with Gasteiger partial charge in [-0.2, -0.15) is 0 Å². The maximum atomic E-state index is 15.2. The second-order valence-electron chi connectivity index (χ2n) is 10.5. The lowest BCUT2D eigenvalue weighted by atomic mass is 9.63. The summed E-state index contributed by atoms with van der Waals surface area (Å²) in [7, 11) is 0. The van der Waals surface area contributed by atoms with Gasteiger partial charge in [0, 0.05) is 5.39 Å². The SMILES string of the molecule is C=CCCc1ccc2cc([C@@H]3CC[C@@H]4CC(CCCCCC)CCC4C3)c(F)cc2c1F. The van der Waals surface area contributed by atoms with E-state index in [2.05, 4.69) is 13.5 Å². The first-order valence-corrected chi connectivity index (χ1v) is 13.1. The van der Waals surface area contributed by atoms with Crippen LogP contribution in [0.4, 0.5) is 8.78 Å². The molecule has 32 heavy (non-hydrogen) atoms. The third-order valence-electron chi connectivity index (χ3n) is 8.40. The van der Waals surface area contributed by atoms with Crippen molar-refractivity contribution in [2.24, 2.45) is 17.8 Å². The molecule has 0 spiro atoms. The molecule has 0 amide bonds. The second-order valence-corrected chi connectivity index (χ2v) is 10.5. The van der Waals surface area contributed by atoms with Crippen molar-refractivity contribution in [1.29, 1.82) is 0 Å². The van der Waals surface area contributed by atoms with Crippen LogP contribution in [0.5, 0.6) is 0 Å². The monoisotopic (exact) mass is 438 g/mol. The van der Waals surface area contributed by atoms with E-state index in [1.165, 1.54) is 63.9 Å². The van der Waals surface area contributed by atoms with E-state index in [-0.39, 0.29) is 17.6 Å². The van der Waals surface area contributed by atoms with Crippen LogP contribution in [-0.2, 0) is 6.42 Å². The molecule has 2 unspecified atom stereocenters. The fourth-order valence-electron chi connectivity index (χ4n) is 6.53. The third-order valence-corrected chi connectivity index (χ3v) is 8.40. The molecule has 0 nitrogen and oxygen atoms in total. The number of hydrogen-bond donors (Lipinski definition) is 0. The fourth-order valence-corrected chi connectivity index (χ4v) is 6.53. The Balaban J connectivity index is 1.42. The van der Waals surface area contributed by atoms with Gasteiger partial charge < -0.3 is 0 Å². The minimum absolute atomic E-state index is 0.217. The van der Waals surface area contributed by atoms with Crippen molar-refractivity contribution in [3.63, 3.8) is 0 Å². The van der Waals surface area contributed by atoms with Crippen LogP contribution in [-0.4, -0.2) is 0 Å². The molecule has 2 heteroatoms. The summed E-state index contributed by atoms with van der Waals surface area (Å²) >= 11 is 0. The summed E-state index contributed by atoms with van der Waals surface area (Å²) in [6.45, 7) is 5.99. The number of benzene rings is 2. The van der Waals surface area contributed by atoms with Crippen molar-refractivity contribution < 1.29 is 8.78 Å². The molecule has 0 bridgehead atoms. The molecule has 0 aliphatic heterocycles. The minimum atomic E-state index is -0.268. The first kappa shape index (κ1) is 23.5. The van der Waals surface area contributed by atoms with Crippen molar-refractivity contribution >= 4 is 10.8 Å². The molecule has 0 aromatic heterocycles. The highest BCUT2D eigenvalue weighted by Crippen LogP contribution is 2.49. The molecule has 2 aliphatic rings. The largest absolute Gasteiger partial charge is 0.207 e. The zero-order valence-electron chi connectivity index (χ0n) is 19.9. The predicted octanol–water partition coefficient (Wildman–Crippen LogP) is 9.51. The van der Waals surface area contributed by atoms with E-state index < -0.39 is 0 Å². The molecule has 0 N–H and O–H groups in total. The molecule has 0 radical (unpaired) electrons. The Kier molecular flexibility index (Phi) is 8.02. The van der Waals surface area contributed by atoms with Gasteiger partial charge in [0.15, 0.2) is 0 Å². The Labute approximate surface area is 193 Å². The van der Waals surface area contributed by atoms with Gasteiger partial charge in [-0.3, -0.25) is 0 Å². The molecular formula is C30H40F2. The first-order valence-electron chi connectivity index (χ1n) is 13.1. The van der Waals surface area contributed by atoms with Crippen molar-refractivity contribution in [3.8, 4) is 0 Å². The van der Waals surface area contributed by atoms with Gasteiger partial charge >= 0.3 is 0 Å². The lowest BCUT2D eigenvalue weighted by Gasteiger charge is -2.42. The van der Waals surface area contributed by atoms with Crippen LogP contribution in [0.15, 0.2) is 36.9 Å². The maximum absolute atomic E-state index is 15.2. The van der Waals surface area contributed by atoms with Crippen LogP contribution in [0, 0.1) is 29.4 Å². The van der Waals surface area contributed by atoms with Gasteiger partial charge in [0.1, 0.15) is 11.6 Å². The summed E-state index contributed by atoms with van der Waals surface area (Å²) in [6, 6.07) is 7.22. The zero-order valence-corrected chi connectivity index (χ0v) is 19.9. The predicted molar refractivity (Wildman–Crippen MR) is 132 cm³/mol. The van der Waals surface area contributed by atoms with E-state index in [1.54, 1.807) is 6.08 Å². The van der Waals surface area contributed by atoms with E-state index in [9.17, 15) is 4.39 Å². The van der Waals surface area contributed by atoms with Gasteiger partial charge in [-0.25, -0.2) is 8.78 Å². The van der Waals surface area contributed by atoms with E-state index in [4.69, 9.17) is 0 Å². The van der Waals surface area contributed by atoms with Crippen LogP contribution >= 0.6 is 0 Å². The van der Waals surface area contributed by atoms with E-state index in [0.29, 0.717) is 17.4 Å². The Morgan fingerprint density at radius 3 is 2.59 bits per heavy atom. The second kappa shape index (κ2) is 10.9. The molecule has 0 heterocycles. The normalized spacial score (nSPS) is 25.6. The molecule has 174 valence electrons. The lowest BCUT2D eigenvalue weighted by Crippen LogP contribution is -2.30. The summed E-state index contributed by atoms with van der Waals surface area (Å²) in [5, 5.41) is 1.25. The van der Waals surface area contributed by atoms with Crippen LogP contribution in [0.3, 0.4) is 0 Å². The minimum Gasteiger partial charge on any atom is -0.207 e. The molecule has 4 atom stereocenters. The number of unbranched alkanes of at least 4 members (excludes halogenated alkanes) is 3. The highest BCUT2D eigenvalue weighted by atomic mass is 19.1. The molecule has 2 aliphatic carbocycles. The lowest BCUT2D eigenvalue weighted by molar-refractivity contribution is 0.112. The quantitative estimate of drug-likeness (QED) is 0.270. The molecule has 2 aromatic carbocycles. The van der Waals surface area contributed by atoms with Crippen molar-refractivity contribution in [2.75, 3.05) is 0 Å². The Hall–Kier alpha value is -1.70. The molecule has 0 saturated heterocycles. The van der Waals surface area contributed by atoms with Crippen molar-refractivity contribution in [3.05, 3.63) is 59.7 Å². The summed E-state index contributed by atoms with van der Waals surface area (Å²) in [5.74, 6) is 2.30. The van der Waals surface area contributed by atoms with E-state index in [0.717, 1.165) is 48.0 Å². The van der Waals surface area contributed by atoms with Crippen molar-refractivity contribution in [1.82, 2.24) is 0 Å². The zero-order chi connectivity index (χ0) is 22.5. The van der Waals surface area contributed by atoms with Crippen LogP contribution in [0.25, 0.3) is 10.8 Å². The highest BCUT2D eigenvalue weighted by molar-refractivity contribution is 5.85. The summed E-state index contributed by atoms with van der Waals surface area (Å²) in [5.41, 5.74) is 1.47. The number of hydrogen-bond acceptors (Lipinski definition) is 0. The van der Waals surface area contributed by atoms with E-state index in [1.807, 2.05) is 18.2 Å². The Morgan fingerprint density at radius 1 is 0.969 bits per heavy atom. The maximum Gasteiger partial charge on any atom is 0.134 e. The summed E-state index contributed by atoms with van der Waals surface area (Å²) in [6.07, 6.45) is 17.5. The van der Waals surface area contributed by atoms with Gasteiger partial charge in [0.05, 0.1) is 0 Å². The highest BCUT2D eigenvalue weighted by Gasteiger charge is 2.36. The van der Waals surface area contributed by atoms with Crippen LogP contribution < -0.4 is 0 Å². The summed E-state index contributed by atoms with van der Waals surface area (Å²) in [4.78, 5) is 0. The smallest absolute Gasteiger partial charge is 0.134 e. The number of fused-ring (bicyclic) bond motifs is 2. The molecule has 4 rings (SSSR count). The molecule has 2 saturated carbocycles. The topological polar surface area (TPSA) is 0 Å². The number of halogens is 2. The van der Waals surface area contributed by atoms with Gasteiger partial charge in [0.2, 0.25) is 0 Å². The first-order chi connectivity index (χ1) is 15.6. The Morgan fingerprint density at radius 2 is 1.78 bits per heavy atom.